The second-order valence-electron chi connectivity index (χ2n) is 4.67. The van der Waals surface area contributed by atoms with Gasteiger partial charge in [0, 0.05) is 0 Å². The van der Waals surface area contributed by atoms with E-state index in [0.29, 0.717) is 12.0 Å². The predicted molar refractivity (Wildman–Crippen MR) is 71.3 cm³/mol. The van der Waals surface area contributed by atoms with Crippen LogP contribution in [-0.4, -0.2) is 0 Å². The highest BCUT2D eigenvalue weighted by molar-refractivity contribution is 5.30. The third-order valence-corrected chi connectivity index (χ3v) is 3.28. The van der Waals surface area contributed by atoms with Crippen molar-refractivity contribution in [3.63, 3.8) is 0 Å². The van der Waals surface area contributed by atoms with Gasteiger partial charge in [0.05, 0.1) is 6.04 Å². The summed E-state index contributed by atoms with van der Waals surface area (Å²) in [6, 6.07) is 7.63. The molecule has 3 N–H and O–H groups in total. The minimum Gasteiger partial charge on any atom is -0.271 e. The molecule has 0 aromatic heterocycles. The fourth-order valence-electron chi connectivity index (χ4n) is 2.08. The first-order valence-electron chi connectivity index (χ1n) is 6.17. The van der Waals surface area contributed by atoms with Crippen LogP contribution in [0.5, 0.6) is 0 Å². The molecule has 1 atom stereocenters. The zero-order chi connectivity index (χ0) is 14.7. The summed E-state index contributed by atoms with van der Waals surface area (Å²) in [6.45, 7) is 1.85. The molecule has 0 aliphatic heterocycles. The van der Waals surface area contributed by atoms with Gasteiger partial charge in [-0.3, -0.25) is 11.3 Å². The largest absolute Gasteiger partial charge is 0.271 e. The predicted octanol–water partition coefficient (Wildman–Crippen LogP) is 3.16. The highest BCUT2D eigenvalue weighted by Crippen LogP contribution is 2.22. The molecule has 106 valence electrons. The van der Waals surface area contributed by atoms with Crippen molar-refractivity contribution in [2.24, 2.45) is 5.84 Å². The Kier molecular flexibility index (Phi) is 4.42. The lowest BCUT2D eigenvalue weighted by Gasteiger charge is -2.18. The van der Waals surface area contributed by atoms with Gasteiger partial charge in [-0.2, -0.15) is 0 Å². The van der Waals surface area contributed by atoms with Crippen molar-refractivity contribution in [3.05, 3.63) is 70.5 Å². The van der Waals surface area contributed by atoms with Gasteiger partial charge >= 0.3 is 0 Å². The molecule has 5 heteroatoms. The van der Waals surface area contributed by atoms with Gasteiger partial charge in [-0.05, 0) is 54.3 Å². The van der Waals surface area contributed by atoms with Gasteiger partial charge in [-0.15, -0.1) is 0 Å². The smallest absolute Gasteiger partial charge is 0.159 e. The van der Waals surface area contributed by atoms with E-state index in [0.717, 1.165) is 23.3 Å². The molecule has 1 unspecified atom stereocenters. The number of hydrogen-bond acceptors (Lipinski definition) is 2. The summed E-state index contributed by atoms with van der Waals surface area (Å²) in [5, 5.41) is 0. The molecule has 0 radical (unpaired) electrons. The van der Waals surface area contributed by atoms with Crippen LogP contribution in [-0.2, 0) is 6.42 Å². The Bertz CT molecular complexity index is 614. The van der Waals surface area contributed by atoms with Crippen LogP contribution >= 0.6 is 0 Å². The first-order chi connectivity index (χ1) is 9.51. The van der Waals surface area contributed by atoms with Crippen molar-refractivity contribution in [2.45, 2.75) is 19.4 Å². The Morgan fingerprint density at radius 3 is 2.45 bits per heavy atom. The monoisotopic (exact) mass is 280 g/mol. The van der Waals surface area contributed by atoms with Crippen molar-refractivity contribution in [1.29, 1.82) is 0 Å². The number of benzene rings is 2. The number of nitrogens with two attached hydrogens (primary N) is 1. The normalized spacial score (nSPS) is 12.4. The maximum absolute atomic E-state index is 13.3. The van der Waals surface area contributed by atoms with Crippen molar-refractivity contribution in [3.8, 4) is 0 Å². The van der Waals surface area contributed by atoms with E-state index in [2.05, 4.69) is 5.43 Å². The van der Waals surface area contributed by atoms with E-state index in [-0.39, 0.29) is 5.82 Å². The average molecular weight is 280 g/mol. The van der Waals surface area contributed by atoms with Gasteiger partial charge in [-0.25, -0.2) is 13.2 Å². The van der Waals surface area contributed by atoms with Gasteiger partial charge in [0.15, 0.2) is 11.6 Å². The summed E-state index contributed by atoms with van der Waals surface area (Å²) in [5.74, 6) is 3.29. The molecule has 2 aromatic carbocycles. The second kappa shape index (κ2) is 6.07. The van der Waals surface area contributed by atoms with Crippen LogP contribution in [0.4, 0.5) is 13.2 Å². The highest BCUT2D eigenvalue weighted by Gasteiger charge is 2.14. The topological polar surface area (TPSA) is 38.0 Å². The molecule has 0 fully saturated rings. The molecule has 0 saturated carbocycles. The number of rotatable bonds is 4. The van der Waals surface area contributed by atoms with Gasteiger partial charge < -0.3 is 0 Å². The van der Waals surface area contributed by atoms with Crippen LogP contribution in [0.3, 0.4) is 0 Å². The van der Waals surface area contributed by atoms with E-state index in [1.807, 2.05) is 6.92 Å². The third-order valence-electron chi connectivity index (χ3n) is 3.28. The summed E-state index contributed by atoms with van der Waals surface area (Å²) in [7, 11) is 0. The molecule has 0 saturated heterocycles. The Labute approximate surface area is 115 Å². The van der Waals surface area contributed by atoms with E-state index >= 15 is 0 Å². The van der Waals surface area contributed by atoms with E-state index in [1.165, 1.54) is 18.2 Å². The highest BCUT2D eigenvalue weighted by atomic mass is 19.2. The molecule has 0 aliphatic carbocycles. The summed E-state index contributed by atoms with van der Waals surface area (Å²) in [6.07, 6.45) is 0.380. The lowest BCUT2D eigenvalue weighted by atomic mass is 9.96. The van der Waals surface area contributed by atoms with Gasteiger partial charge in [0.2, 0.25) is 0 Å². The maximum atomic E-state index is 13.3. The molecule has 0 heterocycles. The first-order valence-corrected chi connectivity index (χ1v) is 6.17. The summed E-state index contributed by atoms with van der Waals surface area (Å²) >= 11 is 0. The van der Waals surface area contributed by atoms with E-state index in [9.17, 15) is 13.2 Å². The molecule has 2 aromatic rings. The zero-order valence-corrected chi connectivity index (χ0v) is 11.0. The van der Waals surface area contributed by atoms with Crippen molar-refractivity contribution < 1.29 is 13.2 Å². The molecule has 0 bridgehead atoms. The van der Waals surface area contributed by atoms with E-state index < -0.39 is 17.7 Å². The number of aryl methyl sites for hydroxylation is 1. The standard InChI is InChI=1S/C15H15F3N2/c1-9-2-4-12(16)6-11(9)8-15(20-19)10-3-5-13(17)14(18)7-10/h2-7,15,20H,8,19H2,1H3. The fourth-order valence-corrected chi connectivity index (χ4v) is 2.08. The Balaban J connectivity index is 2.28. The van der Waals surface area contributed by atoms with Crippen LogP contribution < -0.4 is 11.3 Å². The molecule has 0 amide bonds. The minimum atomic E-state index is -0.932. The SMILES string of the molecule is Cc1ccc(F)cc1CC(NN)c1ccc(F)c(F)c1. The quantitative estimate of drug-likeness (QED) is 0.667. The third kappa shape index (κ3) is 3.18. The zero-order valence-electron chi connectivity index (χ0n) is 11.0. The molecule has 2 nitrogen and oxygen atoms in total. The fraction of sp³-hybridized carbons (Fsp3) is 0.200. The maximum Gasteiger partial charge on any atom is 0.159 e. The number of halogens is 3. The second-order valence-corrected chi connectivity index (χ2v) is 4.67. The first kappa shape index (κ1) is 14.6. The number of hydrogen-bond donors (Lipinski definition) is 2. The van der Waals surface area contributed by atoms with Crippen LogP contribution in [0.25, 0.3) is 0 Å². The number of hydrazine groups is 1. The summed E-state index contributed by atoms with van der Waals surface area (Å²) in [4.78, 5) is 0. The molecule has 20 heavy (non-hydrogen) atoms. The molecule has 0 spiro atoms. The van der Waals surface area contributed by atoms with Crippen molar-refractivity contribution >= 4 is 0 Å². The molecule has 2 rings (SSSR count). The van der Waals surface area contributed by atoms with E-state index in [1.54, 1.807) is 6.07 Å². The van der Waals surface area contributed by atoms with Crippen LogP contribution in [0.15, 0.2) is 36.4 Å². The van der Waals surface area contributed by atoms with Crippen LogP contribution in [0.2, 0.25) is 0 Å². The average Bonchev–Trinajstić information content (AvgIpc) is 2.43. The summed E-state index contributed by atoms with van der Waals surface area (Å²) in [5.41, 5.74) is 4.73. The van der Waals surface area contributed by atoms with Crippen molar-refractivity contribution in [1.82, 2.24) is 5.43 Å². The van der Waals surface area contributed by atoms with Crippen LogP contribution in [0.1, 0.15) is 22.7 Å². The Morgan fingerprint density at radius 2 is 1.80 bits per heavy atom. The lowest BCUT2D eigenvalue weighted by molar-refractivity contribution is 0.496. The number of nitrogens with one attached hydrogen (secondary N) is 1. The Morgan fingerprint density at radius 1 is 1.05 bits per heavy atom. The minimum absolute atomic E-state index is 0.341. The van der Waals surface area contributed by atoms with Gasteiger partial charge in [0.25, 0.3) is 0 Å². The molecular formula is C15H15F3N2. The Hall–Kier alpha value is -1.85. The van der Waals surface area contributed by atoms with Gasteiger partial charge in [0.1, 0.15) is 5.82 Å². The van der Waals surface area contributed by atoms with Crippen molar-refractivity contribution in [2.75, 3.05) is 0 Å². The molecule has 0 aliphatic rings. The van der Waals surface area contributed by atoms with Gasteiger partial charge in [-0.1, -0.05) is 12.1 Å². The molecular weight excluding hydrogens is 265 g/mol. The lowest BCUT2D eigenvalue weighted by Crippen LogP contribution is -2.30. The van der Waals surface area contributed by atoms with E-state index in [4.69, 9.17) is 5.84 Å². The van der Waals surface area contributed by atoms with Crippen LogP contribution in [0, 0.1) is 24.4 Å². The summed E-state index contributed by atoms with van der Waals surface area (Å²) < 4.78 is 39.4.